The second-order valence-electron chi connectivity index (χ2n) is 5.04. The Labute approximate surface area is 108 Å². The van der Waals surface area contributed by atoms with E-state index in [1.807, 2.05) is 34.6 Å². The van der Waals surface area contributed by atoms with Gasteiger partial charge in [0.15, 0.2) is 0 Å². The van der Waals surface area contributed by atoms with E-state index in [0.29, 0.717) is 5.92 Å². The van der Waals surface area contributed by atoms with E-state index in [-0.39, 0.29) is 6.09 Å². The van der Waals surface area contributed by atoms with E-state index in [1.54, 1.807) is 11.9 Å². The van der Waals surface area contributed by atoms with Crippen molar-refractivity contribution >= 4 is 6.09 Å². The molecule has 0 rings (SSSR count). The summed E-state index contributed by atoms with van der Waals surface area (Å²) in [5.41, 5.74) is -0.404. The maximum atomic E-state index is 11.6. The van der Waals surface area contributed by atoms with Crippen molar-refractivity contribution in [2.24, 2.45) is 5.92 Å². The van der Waals surface area contributed by atoms with E-state index in [2.05, 4.69) is 13.8 Å². The zero-order chi connectivity index (χ0) is 14.1. The van der Waals surface area contributed by atoms with E-state index in [0.717, 1.165) is 19.4 Å². The van der Waals surface area contributed by atoms with Crippen LogP contribution >= 0.6 is 0 Å². The third-order valence-corrected chi connectivity index (χ3v) is 2.39. The maximum Gasteiger partial charge on any atom is 0.410 e. The first kappa shape index (κ1) is 18.6. The van der Waals surface area contributed by atoms with Crippen molar-refractivity contribution in [2.45, 2.75) is 66.9 Å². The van der Waals surface area contributed by atoms with Crippen LogP contribution in [0.1, 0.15) is 61.3 Å². The molecule has 0 fully saturated rings. The fourth-order valence-electron chi connectivity index (χ4n) is 1.35. The third kappa shape index (κ3) is 10.2. The highest BCUT2D eigenvalue weighted by Gasteiger charge is 2.20. The highest BCUT2D eigenvalue weighted by Crippen LogP contribution is 2.13. The monoisotopic (exact) mass is 245 g/mol. The van der Waals surface area contributed by atoms with Gasteiger partial charge in [-0.15, -0.1) is 0 Å². The Morgan fingerprint density at radius 2 is 1.59 bits per heavy atom. The zero-order valence-electron chi connectivity index (χ0n) is 13.0. The van der Waals surface area contributed by atoms with Gasteiger partial charge >= 0.3 is 6.09 Å². The Morgan fingerprint density at radius 1 is 1.18 bits per heavy atom. The molecule has 0 bridgehead atoms. The number of amides is 1. The molecule has 0 saturated carbocycles. The molecule has 0 aliphatic heterocycles. The summed E-state index contributed by atoms with van der Waals surface area (Å²) in [7, 11) is 1.80. The van der Waals surface area contributed by atoms with Gasteiger partial charge in [-0.1, -0.05) is 40.5 Å². The quantitative estimate of drug-likeness (QED) is 0.738. The van der Waals surface area contributed by atoms with Crippen LogP contribution in [0.15, 0.2) is 0 Å². The largest absolute Gasteiger partial charge is 0.444 e. The third-order valence-electron chi connectivity index (χ3n) is 2.39. The average molecular weight is 245 g/mol. The Bertz CT molecular complexity index is 193. The van der Waals surface area contributed by atoms with Crippen LogP contribution in [0.5, 0.6) is 0 Å². The van der Waals surface area contributed by atoms with Crippen LogP contribution in [0.2, 0.25) is 0 Å². The molecule has 0 heterocycles. The van der Waals surface area contributed by atoms with E-state index >= 15 is 0 Å². The lowest BCUT2D eigenvalue weighted by Gasteiger charge is -2.26. The van der Waals surface area contributed by atoms with Crippen molar-refractivity contribution in [2.75, 3.05) is 13.6 Å². The van der Waals surface area contributed by atoms with Crippen LogP contribution < -0.4 is 0 Å². The molecule has 0 aliphatic rings. The van der Waals surface area contributed by atoms with Crippen LogP contribution in [0.3, 0.4) is 0 Å². The van der Waals surface area contributed by atoms with Crippen LogP contribution in [0, 0.1) is 5.92 Å². The van der Waals surface area contributed by atoms with E-state index in [1.165, 1.54) is 0 Å². The molecule has 3 nitrogen and oxygen atoms in total. The number of nitrogens with zero attached hydrogens (tertiary/aromatic N) is 1. The molecule has 17 heavy (non-hydrogen) atoms. The topological polar surface area (TPSA) is 29.5 Å². The van der Waals surface area contributed by atoms with Gasteiger partial charge in [0.25, 0.3) is 0 Å². The highest BCUT2D eigenvalue weighted by molar-refractivity contribution is 5.67. The lowest BCUT2D eigenvalue weighted by atomic mass is 10.0. The molecular weight excluding hydrogens is 214 g/mol. The number of ether oxygens (including phenoxy) is 1. The fourth-order valence-corrected chi connectivity index (χ4v) is 1.35. The van der Waals surface area contributed by atoms with Crippen LogP contribution in [-0.4, -0.2) is 30.2 Å². The summed E-state index contributed by atoms with van der Waals surface area (Å²) in [6.07, 6.45) is 1.97. The van der Waals surface area contributed by atoms with Crippen molar-refractivity contribution in [1.82, 2.24) is 4.90 Å². The standard InChI is InChI=1S/C12H25NO2.C2H6/c1-7-10(8-2)9-13(6)11(14)15-12(3,4)5;1-2/h10H,7-9H2,1-6H3;1-2H3. The molecule has 0 aromatic rings. The minimum Gasteiger partial charge on any atom is -0.444 e. The van der Waals surface area contributed by atoms with Gasteiger partial charge in [-0.05, 0) is 26.7 Å². The Morgan fingerprint density at radius 3 is 1.88 bits per heavy atom. The molecule has 0 spiro atoms. The summed E-state index contributed by atoms with van der Waals surface area (Å²) >= 11 is 0. The molecule has 0 aliphatic carbocycles. The molecule has 0 radical (unpaired) electrons. The van der Waals surface area contributed by atoms with Gasteiger partial charge in [-0.2, -0.15) is 0 Å². The van der Waals surface area contributed by atoms with Crippen LogP contribution in [-0.2, 0) is 4.74 Å². The second kappa shape index (κ2) is 9.32. The first-order valence-corrected chi connectivity index (χ1v) is 6.74. The summed E-state index contributed by atoms with van der Waals surface area (Å²) in [5, 5.41) is 0. The van der Waals surface area contributed by atoms with Crippen LogP contribution in [0.25, 0.3) is 0 Å². The smallest absolute Gasteiger partial charge is 0.410 e. The zero-order valence-corrected chi connectivity index (χ0v) is 13.0. The summed E-state index contributed by atoms with van der Waals surface area (Å²) in [6.45, 7) is 14.7. The predicted molar refractivity (Wildman–Crippen MR) is 74.3 cm³/mol. The van der Waals surface area contributed by atoms with E-state index < -0.39 is 5.60 Å². The number of carbonyl (C=O) groups is 1. The minimum absolute atomic E-state index is 0.227. The molecule has 0 aromatic heterocycles. The maximum absolute atomic E-state index is 11.6. The number of hydrogen-bond donors (Lipinski definition) is 0. The first-order chi connectivity index (χ1) is 7.80. The summed E-state index contributed by atoms with van der Waals surface area (Å²) < 4.78 is 5.28. The van der Waals surface area contributed by atoms with Crippen molar-refractivity contribution in [1.29, 1.82) is 0 Å². The molecule has 3 heteroatoms. The van der Waals surface area contributed by atoms with Gasteiger partial charge in [-0.3, -0.25) is 0 Å². The van der Waals surface area contributed by atoms with Gasteiger partial charge in [0.05, 0.1) is 0 Å². The van der Waals surface area contributed by atoms with Gasteiger partial charge in [0.2, 0.25) is 0 Å². The Hall–Kier alpha value is -0.730. The molecule has 0 N–H and O–H groups in total. The molecule has 0 saturated heterocycles. The molecule has 0 aromatic carbocycles. The Kier molecular flexibility index (Phi) is 10.2. The second-order valence-corrected chi connectivity index (χ2v) is 5.04. The van der Waals surface area contributed by atoms with E-state index in [4.69, 9.17) is 4.74 Å². The van der Waals surface area contributed by atoms with Crippen molar-refractivity contribution in [3.05, 3.63) is 0 Å². The molecule has 0 atom stereocenters. The van der Waals surface area contributed by atoms with Gasteiger partial charge in [-0.25, -0.2) is 4.79 Å². The first-order valence-electron chi connectivity index (χ1n) is 6.74. The average Bonchev–Trinajstić information content (AvgIpc) is 2.26. The lowest BCUT2D eigenvalue weighted by molar-refractivity contribution is 0.0271. The van der Waals surface area contributed by atoms with Gasteiger partial charge in [0, 0.05) is 13.6 Å². The van der Waals surface area contributed by atoms with E-state index in [9.17, 15) is 4.79 Å². The minimum atomic E-state index is -0.404. The molecular formula is C14H31NO2. The normalized spacial score (nSPS) is 10.6. The van der Waals surface area contributed by atoms with Crippen molar-refractivity contribution in [3.8, 4) is 0 Å². The SMILES string of the molecule is CC.CCC(CC)CN(C)C(=O)OC(C)(C)C. The number of rotatable bonds is 4. The van der Waals surface area contributed by atoms with Gasteiger partial charge < -0.3 is 9.64 Å². The molecule has 0 unspecified atom stereocenters. The Balaban J connectivity index is 0. The van der Waals surface area contributed by atoms with Crippen molar-refractivity contribution in [3.63, 3.8) is 0 Å². The summed E-state index contributed by atoms with van der Waals surface area (Å²) in [6, 6.07) is 0. The molecule has 104 valence electrons. The number of hydrogen-bond acceptors (Lipinski definition) is 2. The molecule has 1 amide bonds. The summed E-state index contributed by atoms with van der Waals surface area (Å²) in [5.74, 6) is 0.572. The lowest BCUT2D eigenvalue weighted by Crippen LogP contribution is -2.36. The van der Waals surface area contributed by atoms with Crippen molar-refractivity contribution < 1.29 is 9.53 Å². The van der Waals surface area contributed by atoms with Gasteiger partial charge in [0.1, 0.15) is 5.60 Å². The highest BCUT2D eigenvalue weighted by atomic mass is 16.6. The van der Waals surface area contributed by atoms with Crippen LogP contribution in [0.4, 0.5) is 4.79 Å². The fraction of sp³-hybridized carbons (Fsp3) is 0.929. The number of carbonyl (C=O) groups excluding carboxylic acids is 1. The predicted octanol–water partition coefficient (Wildman–Crippen LogP) is 4.32. The summed E-state index contributed by atoms with van der Waals surface area (Å²) in [4.78, 5) is 13.3.